The van der Waals surface area contributed by atoms with Gasteiger partial charge in [0.05, 0.1) is 12.5 Å². The monoisotopic (exact) mass is 418 g/mol. The Kier molecular flexibility index (Phi) is 11.1. The average Bonchev–Trinajstić information content (AvgIpc) is 2.74. The maximum Gasteiger partial charge on any atom is 0.226 e. The van der Waals surface area contributed by atoms with Crippen LogP contribution in [0.25, 0.3) is 0 Å². The third-order valence-corrected chi connectivity index (χ3v) is 6.08. The molecule has 1 aliphatic carbocycles. The molecule has 0 unspecified atom stereocenters. The Morgan fingerprint density at radius 1 is 1.10 bits per heavy atom. The molecule has 1 aromatic carbocycles. The van der Waals surface area contributed by atoms with E-state index in [1.165, 1.54) is 31.4 Å². The fourth-order valence-electron chi connectivity index (χ4n) is 4.10. The van der Waals surface area contributed by atoms with Crippen molar-refractivity contribution in [2.24, 2.45) is 0 Å². The zero-order valence-corrected chi connectivity index (χ0v) is 18.8. The van der Waals surface area contributed by atoms with Crippen molar-refractivity contribution < 1.29 is 13.9 Å². The number of carbonyl (C=O) groups is 1. The SMILES string of the molecule is C=CCN(C)CCCCCCO[C@H]1CC[C@H](N(C)C(=O)Cc2ccc(F)cc2)CC1. The van der Waals surface area contributed by atoms with E-state index in [2.05, 4.69) is 18.5 Å². The third-order valence-electron chi connectivity index (χ3n) is 6.08. The highest BCUT2D eigenvalue weighted by molar-refractivity contribution is 5.78. The minimum atomic E-state index is -0.269. The lowest BCUT2D eigenvalue weighted by Crippen LogP contribution is -2.41. The highest BCUT2D eigenvalue weighted by Gasteiger charge is 2.26. The number of ether oxygens (including phenoxy) is 1. The summed E-state index contributed by atoms with van der Waals surface area (Å²) < 4.78 is 19.1. The number of amides is 1. The molecule has 4 nitrogen and oxygen atoms in total. The molecule has 1 fully saturated rings. The van der Waals surface area contributed by atoms with Crippen molar-refractivity contribution in [1.29, 1.82) is 0 Å². The first-order chi connectivity index (χ1) is 14.5. The number of hydrogen-bond acceptors (Lipinski definition) is 3. The van der Waals surface area contributed by atoms with Gasteiger partial charge in [-0.1, -0.05) is 31.1 Å². The van der Waals surface area contributed by atoms with Gasteiger partial charge >= 0.3 is 0 Å². The summed E-state index contributed by atoms with van der Waals surface area (Å²) in [6, 6.07) is 6.47. The molecule has 1 aliphatic rings. The van der Waals surface area contributed by atoms with Gasteiger partial charge in [-0.3, -0.25) is 4.79 Å². The smallest absolute Gasteiger partial charge is 0.226 e. The molecule has 0 atom stereocenters. The van der Waals surface area contributed by atoms with Gasteiger partial charge in [-0.25, -0.2) is 4.39 Å². The lowest BCUT2D eigenvalue weighted by Gasteiger charge is -2.34. The number of hydrogen-bond donors (Lipinski definition) is 0. The van der Waals surface area contributed by atoms with Crippen LogP contribution in [0.5, 0.6) is 0 Å². The second-order valence-electron chi connectivity index (χ2n) is 8.57. The lowest BCUT2D eigenvalue weighted by atomic mass is 9.91. The largest absolute Gasteiger partial charge is 0.378 e. The summed E-state index contributed by atoms with van der Waals surface area (Å²) in [6.07, 6.45) is 11.5. The second-order valence-corrected chi connectivity index (χ2v) is 8.57. The van der Waals surface area contributed by atoms with Crippen molar-refractivity contribution in [2.75, 3.05) is 33.8 Å². The van der Waals surface area contributed by atoms with Crippen LogP contribution in [-0.4, -0.2) is 61.6 Å². The summed E-state index contributed by atoms with van der Waals surface area (Å²) in [4.78, 5) is 16.7. The molecule has 0 heterocycles. The van der Waals surface area contributed by atoms with Gasteiger partial charge in [-0.15, -0.1) is 6.58 Å². The summed E-state index contributed by atoms with van der Waals surface area (Å²) in [5, 5.41) is 0. The Morgan fingerprint density at radius 3 is 2.43 bits per heavy atom. The second kappa shape index (κ2) is 13.6. The first kappa shape index (κ1) is 24.5. The number of carbonyl (C=O) groups excluding carboxylic acids is 1. The number of benzene rings is 1. The standard InChI is InChI=1S/C25H39FN2O2/c1-4-17-27(2)18-7-5-6-8-19-30-24-15-13-23(14-16-24)28(3)25(29)20-21-9-11-22(26)12-10-21/h4,9-12,23-24H,1,5-8,13-20H2,2-3H3/t23-,24-. The van der Waals surface area contributed by atoms with Crippen molar-refractivity contribution in [3.8, 4) is 0 Å². The molecule has 0 aromatic heterocycles. The van der Waals surface area contributed by atoms with Gasteiger partial charge < -0.3 is 14.5 Å². The molecular formula is C25H39FN2O2. The highest BCUT2D eigenvalue weighted by atomic mass is 19.1. The minimum absolute atomic E-state index is 0.102. The Hall–Kier alpha value is -1.72. The number of unbranched alkanes of at least 4 members (excludes halogenated alkanes) is 3. The van der Waals surface area contributed by atoms with Crippen LogP contribution in [0.3, 0.4) is 0 Å². The first-order valence-electron chi connectivity index (χ1n) is 11.4. The number of halogens is 1. The molecule has 1 saturated carbocycles. The highest BCUT2D eigenvalue weighted by Crippen LogP contribution is 2.25. The van der Waals surface area contributed by atoms with E-state index in [0.717, 1.165) is 57.4 Å². The Labute approximate surface area is 182 Å². The van der Waals surface area contributed by atoms with Crippen molar-refractivity contribution in [3.63, 3.8) is 0 Å². The van der Waals surface area contributed by atoms with Crippen LogP contribution in [0.4, 0.5) is 4.39 Å². The molecular weight excluding hydrogens is 379 g/mol. The van der Waals surface area contributed by atoms with Crippen LogP contribution in [0.1, 0.15) is 56.9 Å². The van der Waals surface area contributed by atoms with E-state index in [1.54, 1.807) is 12.1 Å². The predicted octanol–water partition coefficient (Wildman–Crippen LogP) is 4.83. The average molecular weight is 419 g/mol. The van der Waals surface area contributed by atoms with E-state index in [4.69, 9.17) is 4.74 Å². The van der Waals surface area contributed by atoms with E-state index in [0.29, 0.717) is 12.5 Å². The summed E-state index contributed by atoms with van der Waals surface area (Å²) in [7, 11) is 4.03. The van der Waals surface area contributed by atoms with Crippen LogP contribution in [0.15, 0.2) is 36.9 Å². The van der Waals surface area contributed by atoms with Crippen molar-refractivity contribution in [2.45, 2.75) is 69.9 Å². The van der Waals surface area contributed by atoms with Crippen LogP contribution >= 0.6 is 0 Å². The number of likely N-dealkylation sites (N-methyl/N-ethyl adjacent to an activating group) is 2. The van der Waals surface area contributed by atoms with Crippen molar-refractivity contribution >= 4 is 5.91 Å². The molecule has 0 aliphatic heterocycles. The lowest BCUT2D eigenvalue weighted by molar-refractivity contribution is -0.132. The van der Waals surface area contributed by atoms with Crippen LogP contribution in [-0.2, 0) is 16.0 Å². The van der Waals surface area contributed by atoms with Gasteiger partial charge in [0.25, 0.3) is 0 Å². The van der Waals surface area contributed by atoms with E-state index in [9.17, 15) is 9.18 Å². The molecule has 0 bridgehead atoms. The quantitative estimate of drug-likeness (QED) is 0.340. The van der Waals surface area contributed by atoms with E-state index in [-0.39, 0.29) is 17.8 Å². The Balaban J connectivity index is 1.55. The number of rotatable bonds is 13. The predicted molar refractivity (Wildman–Crippen MR) is 121 cm³/mol. The first-order valence-corrected chi connectivity index (χ1v) is 11.4. The zero-order valence-electron chi connectivity index (χ0n) is 18.8. The van der Waals surface area contributed by atoms with Crippen LogP contribution < -0.4 is 0 Å². The van der Waals surface area contributed by atoms with Crippen LogP contribution in [0, 0.1) is 5.82 Å². The van der Waals surface area contributed by atoms with Gasteiger partial charge in [0, 0.05) is 26.2 Å². The molecule has 5 heteroatoms. The van der Waals surface area contributed by atoms with Gasteiger partial charge in [-0.2, -0.15) is 0 Å². The van der Waals surface area contributed by atoms with Gasteiger partial charge in [-0.05, 0) is 69.8 Å². The molecule has 168 valence electrons. The van der Waals surface area contributed by atoms with Gasteiger partial charge in [0.1, 0.15) is 5.82 Å². The fourth-order valence-corrected chi connectivity index (χ4v) is 4.10. The minimum Gasteiger partial charge on any atom is -0.378 e. The maximum atomic E-state index is 13.0. The summed E-state index contributed by atoms with van der Waals surface area (Å²) in [5.41, 5.74) is 0.859. The van der Waals surface area contributed by atoms with E-state index < -0.39 is 0 Å². The molecule has 0 spiro atoms. The molecule has 1 amide bonds. The molecule has 1 aromatic rings. The Morgan fingerprint density at radius 2 is 1.77 bits per heavy atom. The van der Waals surface area contributed by atoms with E-state index in [1.807, 2.05) is 18.0 Å². The van der Waals surface area contributed by atoms with Crippen molar-refractivity contribution in [1.82, 2.24) is 9.80 Å². The summed E-state index contributed by atoms with van der Waals surface area (Å²) >= 11 is 0. The van der Waals surface area contributed by atoms with E-state index >= 15 is 0 Å². The van der Waals surface area contributed by atoms with Gasteiger partial charge in [0.2, 0.25) is 5.91 Å². The fraction of sp³-hybridized carbons (Fsp3) is 0.640. The van der Waals surface area contributed by atoms with Crippen molar-refractivity contribution in [3.05, 3.63) is 48.3 Å². The molecule has 30 heavy (non-hydrogen) atoms. The summed E-state index contributed by atoms with van der Waals surface area (Å²) in [6.45, 7) is 6.70. The normalized spacial score (nSPS) is 19.1. The summed E-state index contributed by atoms with van der Waals surface area (Å²) in [5.74, 6) is -0.168. The number of nitrogens with zero attached hydrogens (tertiary/aromatic N) is 2. The molecule has 0 N–H and O–H groups in total. The maximum absolute atomic E-state index is 13.0. The molecule has 0 radical (unpaired) electrons. The van der Waals surface area contributed by atoms with Gasteiger partial charge in [0.15, 0.2) is 0 Å². The molecule has 2 rings (SSSR count). The molecule has 0 saturated heterocycles. The topological polar surface area (TPSA) is 32.8 Å². The van der Waals surface area contributed by atoms with Crippen LogP contribution in [0.2, 0.25) is 0 Å². The zero-order chi connectivity index (χ0) is 21.8. The third kappa shape index (κ3) is 8.97. The Bertz CT molecular complexity index is 627.